The predicted molar refractivity (Wildman–Crippen MR) is 68.1 cm³/mol. The van der Waals surface area contributed by atoms with Crippen LogP contribution < -0.4 is 0 Å². The summed E-state index contributed by atoms with van der Waals surface area (Å²) in [5.74, 6) is 1.79. The first kappa shape index (κ1) is 11.9. The first-order valence-corrected chi connectivity index (χ1v) is 6.51. The maximum absolute atomic E-state index is 10.2. The highest BCUT2D eigenvalue weighted by Gasteiger charge is 2.34. The van der Waals surface area contributed by atoms with Crippen molar-refractivity contribution in [1.29, 1.82) is 0 Å². The molecule has 0 spiro atoms. The molecule has 0 aromatic carbocycles. The van der Waals surface area contributed by atoms with Crippen molar-refractivity contribution in [3.8, 4) is 0 Å². The maximum Gasteiger partial charge on any atom is 0.0654 e. The van der Waals surface area contributed by atoms with Crippen LogP contribution in [0.25, 0.3) is 0 Å². The van der Waals surface area contributed by atoms with Crippen LogP contribution in [0, 0.1) is 17.8 Å². The van der Waals surface area contributed by atoms with E-state index in [1.807, 2.05) is 13.8 Å². The molecule has 0 aromatic rings. The number of allylic oxidation sites excluding steroid dienone is 3. The smallest absolute Gasteiger partial charge is 0.0654 e. The Hall–Kier alpha value is -0.560. The van der Waals surface area contributed by atoms with E-state index in [2.05, 4.69) is 26.0 Å². The highest BCUT2D eigenvalue weighted by atomic mass is 16.3. The molecular weight excluding hydrogens is 196 g/mol. The first-order valence-electron chi connectivity index (χ1n) is 6.51. The minimum atomic E-state index is -0.579. The van der Waals surface area contributed by atoms with Gasteiger partial charge in [-0.05, 0) is 57.4 Å². The van der Waals surface area contributed by atoms with E-state index < -0.39 is 5.60 Å². The van der Waals surface area contributed by atoms with Gasteiger partial charge in [-0.3, -0.25) is 0 Å². The quantitative estimate of drug-likeness (QED) is 0.714. The van der Waals surface area contributed by atoms with Gasteiger partial charge in [-0.25, -0.2) is 0 Å². The molecular formula is C15H24O. The minimum absolute atomic E-state index is 0.316. The Bertz CT molecular complexity index is 330. The monoisotopic (exact) mass is 220 g/mol. The predicted octanol–water partition coefficient (Wildman–Crippen LogP) is 3.70. The molecule has 0 saturated carbocycles. The SMILES string of the molecule is CC1=CC[C@H]2C1=C[C@H](C(C)(C)O)CC[C@H]2C. The molecule has 0 aromatic heterocycles. The van der Waals surface area contributed by atoms with Gasteiger partial charge in [-0.1, -0.05) is 24.6 Å². The maximum atomic E-state index is 10.2. The van der Waals surface area contributed by atoms with E-state index in [0.717, 1.165) is 12.3 Å². The summed E-state index contributed by atoms with van der Waals surface area (Å²) in [4.78, 5) is 0. The highest BCUT2D eigenvalue weighted by Crippen LogP contribution is 2.43. The topological polar surface area (TPSA) is 20.2 Å². The molecule has 0 radical (unpaired) electrons. The summed E-state index contributed by atoms with van der Waals surface area (Å²) >= 11 is 0. The van der Waals surface area contributed by atoms with Gasteiger partial charge in [0.05, 0.1) is 5.60 Å². The molecule has 0 saturated heterocycles. The van der Waals surface area contributed by atoms with E-state index in [0.29, 0.717) is 11.8 Å². The van der Waals surface area contributed by atoms with Gasteiger partial charge < -0.3 is 5.11 Å². The molecule has 0 heterocycles. The van der Waals surface area contributed by atoms with E-state index in [1.165, 1.54) is 24.0 Å². The van der Waals surface area contributed by atoms with E-state index in [9.17, 15) is 5.11 Å². The summed E-state index contributed by atoms with van der Waals surface area (Å²) in [5, 5.41) is 10.2. The summed E-state index contributed by atoms with van der Waals surface area (Å²) in [6.45, 7) is 8.45. The van der Waals surface area contributed by atoms with Crippen molar-refractivity contribution >= 4 is 0 Å². The Morgan fingerprint density at radius 3 is 2.62 bits per heavy atom. The third-order valence-corrected chi connectivity index (χ3v) is 4.44. The van der Waals surface area contributed by atoms with Crippen LogP contribution >= 0.6 is 0 Å². The molecule has 1 heteroatoms. The summed E-state index contributed by atoms with van der Waals surface area (Å²) in [6.07, 6.45) is 8.28. The van der Waals surface area contributed by atoms with E-state index >= 15 is 0 Å². The highest BCUT2D eigenvalue weighted by molar-refractivity contribution is 5.38. The number of rotatable bonds is 1. The lowest BCUT2D eigenvalue weighted by atomic mass is 9.85. The fourth-order valence-corrected chi connectivity index (χ4v) is 3.14. The average Bonchev–Trinajstić information content (AvgIpc) is 2.42. The van der Waals surface area contributed by atoms with Crippen LogP contribution in [-0.4, -0.2) is 10.7 Å². The minimum Gasteiger partial charge on any atom is -0.390 e. The Balaban J connectivity index is 2.31. The molecule has 2 rings (SSSR count). The van der Waals surface area contributed by atoms with Crippen LogP contribution in [0.5, 0.6) is 0 Å². The molecule has 2 aliphatic carbocycles. The summed E-state index contributed by atoms with van der Waals surface area (Å²) < 4.78 is 0. The second kappa shape index (κ2) is 4.03. The molecule has 3 atom stereocenters. The van der Waals surface area contributed by atoms with E-state index in [4.69, 9.17) is 0 Å². The molecule has 1 nitrogen and oxygen atoms in total. The van der Waals surface area contributed by atoms with Crippen LogP contribution in [0.15, 0.2) is 23.3 Å². The zero-order valence-electron chi connectivity index (χ0n) is 11.0. The molecule has 90 valence electrons. The van der Waals surface area contributed by atoms with Crippen LogP contribution in [0.4, 0.5) is 0 Å². The van der Waals surface area contributed by atoms with Crippen LogP contribution in [-0.2, 0) is 0 Å². The molecule has 0 aliphatic heterocycles. The Morgan fingerprint density at radius 1 is 1.31 bits per heavy atom. The standard InChI is InChI=1S/C15H24O/c1-10-5-7-12(15(3,4)16)9-14-11(2)6-8-13(10)14/h6,9-10,12-13,16H,5,7-8H2,1-4H3/t10-,12-,13-/m1/s1. The number of aliphatic hydroxyl groups is 1. The van der Waals surface area contributed by atoms with Crippen LogP contribution in [0.3, 0.4) is 0 Å². The van der Waals surface area contributed by atoms with Gasteiger partial charge in [-0.2, -0.15) is 0 Å². The zero-order valence-corrected chi connectivity index (χ0v) is 11.0. The second-order valence-corrected chi connectivity index (χ2v) is 6.17. The van der Waals surface area contributed by atoms with Gasteiger partial charge in [0.25, 0.3) is 0 Å². The van der Waals surface area contributed by atoms with Crippen molar-refractivity contribution in [2.45, 2.75) is 52.6 Å². The average molecular weight is 220 g/mol. The van der Waals surface area contributed by atoms with Crippen LogP contribution in [0.2, 0.25) is 0 Å². The van der Waals surface area contributed by atoms with Gasteiger partial charge >= 0.3 is 0 Å². The van der Waals surface area contributed by atoms with Crippen molar-refractivity contribution in [2.24, 2.45) is 17.8 Å². The second-order valence-electron chi connectivity index (χ2n) is 6.17. The Kier molecular flexibility index (Phi) is 3.00. The van der Waals surface area contributed by atoms with Gasteiger partial charge in [0, 0.05) is 5.92 Å². The van der Waals surface area contributed by atoms with Crippen molar-refractivity contribution < 1.29 is 5.11 Å². The first-order chi connectivity index (χ1) is 7.39. The number of hydrogen-bond acceptors (Lipinski definition) is 1. The zero-order chi connectivity index (χ0) is 11.9. The summed E-state index contributed by atoms with van der Waals surface area (Å²) in [7, 11) is 0. The lowest BCUT2D eigenvalue weighted by Gasteiger charge is -2.26. The third kappa shape index (κ3) is 2.10. The molecule has 0 amide bonds. The summed E-state index contributed by atoms with van der Waals surface area (Å²) in [5.41, 5.74) is 2.37. The Labute approximate surface area is 99.3 Å². The number of hydrogen-bond donors (Lipinski definition) is 1. The normalized spacial score (nSPS) is 35.2. The van der Waals surface area contributed by atoms with Crippen molar-refractivity contribution in [1.82, 2.24) is 0 Å². The van der Waals surface area contributed by atoms with Crippen molar-refractivity contribution in [2.75, 3.05) is 0 Å². The molecule has 2 aliphatic rings. The third-order valence-electron chi connectivity index (χ3n) is 4.44. The van der Waals surface area contributed by atoms with Crippen LogP contribution in [0.1, 0.15) is 47.0 Å². The van der Waals surface area contributed by atoms with Crippen molar-refractivity contribution in [3.63, 3.8) is 0 Å². The molecule has 0 fully saturated rings. The largest absolute Gasteiger partial charge is 0.390 e. The number of fused-ring (bicyclic) bond motifs is 1. The molecule has 16 heavy (non-hydrogen) atoms. The lowest BCUT2D eigenvalue weighted by Crippen LogP contribution is -2.29. The van der Waals surface area contributed by atoms with Gasteiger partial charge in [0.1, 0.15) is 0 Å². The fraction of sp³-hybridized carbons (Fsp3) is 0.733. The van der Waals surface area contributed by atoms with Crippen molar-refractivity contribution in [3.05, 3.63) is 23.3 Å². The van der Waals surface area contributed by atoms with E-state index in [1.54, 1.807) is 0 Å². The van der Waals surface area contributed by atoms with Gasteiger partial charge in [0.15, 0.2) is 0 Å². The van der Waals surface area contributed by atoms with E-state index in [-0.39, 0.29) is 0 Å². The fourth-order valence-electron chi connectivity index (χ4n) is 3.14. The Morgan fingerprint density at radius 2 is 2.00 bits per heavy atom. The van der Waals surface area contributed by atoms with Gasteiger partial charge in [0.2, 0.25) is 0 Å². The molecule has 0 bridgehead atoms. The molecule has 0 unspecified atom stereocenters. The lowest BCUT2D eigenvalue weighted by molar-refractivity contribution is 0.0322. The summed E-state index contributed by atoms with van der Waals surface area (Å²) in [6, 6.07) is 0. The van der Waals surface area contributed by atoms with Gasteiger partial charge in [-0.15, -0.1) is 0 Å². The molecule has 1 N–H and O–H groups in total.